The molecule has 36 heavy (non-hydrogen) atoms. The van der Waals surface area contributed by atoms with Gasteiger partial charge in [0.1, 0.15) is 22.7 Å². The predicted octanol–water partition coefficient (Wildman–Crippen LogP) is 4.86. The second kappa shape index (κ2) is 12.7. The molecule has 2 atom stereocenters. The van der Waals surface area contributed by atoms with Crippen molar-refractivity contribution in [2.24, 2.45) is 0 Å². The van der Waals surface area contributed by atoms with Crippen LogP contribution in [0.25, 0.3) is 0 Å². The highest BCUT2D eigenvalue weighted by molar-refractivity contribution is 5.86. The summed E-state index contributed by atoms with van der Waals surface area (Å²) in [5.74, 6) is -0.0583. The van der Waals surface area contributed by atoms with E-state index in [2.05, 4.69) is 0 Å². The van der Waals surface area contributed by atoms with Gasteiger partial charge in [0.05, 0.1) is 27.4 Å². The van der Waals surface area contributed by atoms with Crippen molar-refractivity contribution in [1.82, 2.24) is 0 Å². The molecule has 0 aliphatic rings. The summed E-state index contributed by atoms with van der Waals surface area (Å²) in [7, 11) is 3.16. The quantitative estimate of drug-likeness (QED) is 0.403. The Labute approximate surface area is 213 Å². The van der Waals surface area contributed by atoms with Crippen molar-refractivity contribution in [2.45, 2.75) is 78.2 Å². The van der Waals surface area contributed by atoms with Gasteiger partial charge in [-0.1, -0.05) is 24.3 Å². The molecule has 8 heteroatoms. The highest BCUT2D eigenvalue weighted by atomic mass is 16.6. The Bertz CT molecular complexity index is 887. The smallest absolute Gasteiger partial charge is 0.339 e. The minimum atomic E-state index is -1.36. The molecule has 0 spiro atoms. The van der Waals surface area contributed by atoms with Gasteiger partial charge < -0.3 is 28.4 Å². The number of carbonyl (C=O) groups is 2. The van der Waals surface area contributed by atoms with Gasteiger partial charge in [-0.3, -0.25) is 0 Å². The summed E-state index contributed by atoms with van der Waals surface area (Å²) in [6.45, 7) is 10.5. The van der Waals surface area contributed by atoms with Crippen LogP contribution in [0.15, 0.2) is 48.5 Å². The first-order valence-electron chi connectivity index (χ1n) is 11.8. The fourth-order valence-electron chi connectivity index (χ4n) is 3.09. The molecule has 2 aromatic carbocycles. The molecule has 0 aliphatic carbocycles. The summed E-state index contributed by atoms with van der Waals surface area (Å²) in [6.07, 6.45) is -2.72. The molecule has 198 valence electrons. The lowest BCUT2D eigenvalue weighted by molar-refractivity contribution is -0.197. The SMILES string of the molecule is COc1ccc(CO[C@H](C(=O)OC(C)(C)C)[C@H](OCc2ccc(OC)cc2)C(=O)OC(C)(C)C)cc1. The summed E-state index contributed by atoms with van der Waals surface area (Å²) in [5.41, 5.74) is -0.0366. The third-order valence-electron chi connectivity index (χ3n) is 4.73. The average molecular weight is 503 g/mol. The number of ether oxygens (including phenoxy) is 6. The molecule has 0 aliphatic heterocycles. The summed E-state index contributed by atoms with van der Waals surface area (Å²) in [5, 5.41) is 0. The molecule has 0 aromatic heterocycles. The van der Waals surface area contributed by atoms with Crippen molar-refractivity contribution >= 4 is 11.9 Å². The van der Waals surface area contributed by atoms with Crippen molar-refractivity contribution in [1.29, 1.82) is 0 Å². The van der Waals surface area contributed by atoms with E-state index in [1.54, 1.807) is 80.0 Å². The van der Waals surface area contributed by atoms with E-state index in [-0.39, 0.29) is 13.2 Å². The Morgan fingerprint density at radius 2 is 0.917 bits per heavy atom. The van der Waals surface area contributed by atoms with E-state index in [0.29, 0.717) is 11.5 Å². The molecule has 2 rings (SSSR count). The summed E-state index contributed by atoms with van der Waals surface area (Å²) in [6, 6.07) is 14.4. The molecule has 0 fully saturated rings. The summed E-state index contributed by atoms with van der Waals surface area (Å²) >= 11 is 0. The first-order chi connectivity index (χ1) is 16.8. The van der Waals surface area contributed by atoms with E-state index < -0.39 is 35.3 Å². The fourth-order valence-corrected chi connectivity index (χ4v) is 3.09. The zero-order valence-corrected chi connectivity index (χ0v) is 22.5. The maximum Gasteiger partial charge on any atom is 0.339 e. The molecule has 0 saturated carbocycles. The summed E-state index contributed by atoms with van der Waals surface area (Å²) in [4.78, 5) is 26.4. The monoisotopic (exact) mass is 502 g/mol. The Hall–Kier alpha value is -3.10. The molecular formula is C28H38O8. The number of carbonyl (C=O) groups excluding carboxylic acids is 2. The van der Waals surface area contributed by atoms with Gasteiger partial charge in [0.2, 0.25) is 0 Å². The van der Waals surface area contributed by atoms with E-state index >= 15 is 0 Å². The molecule has 0 bridgehead atoms. The van der Waals surface area contributed by atoms with Gasteiger partial charge >= 0.3 is 11.9 Å². The van der Waals surface area contributed by atoms with Crippen LogP contribution in [0.2, 0.25) is 0 Å². The van der Waals surface area contributed by atoms with Crippen molar-refractivity contribution in [2.75, 3.05) is 14.2 Å². The maximum absolute atomic E-state index is 13.2. The minimum absolute atomic E-state index is 0.0408. The van der Waals surface area contributed by atoms with Crippen LogP contribution < -0.4 is 9.47 Å². The number of rotatable bonds is 11. The molecule has 2 aromatic rings. The second-order valence-corrected chi connectivity index (χ2v) is 10.2. The largest absolute Gasteiger partial charge is 0.497 e. The van der Waals surface area contributed by atoms with Gasteiger partial charge in [-0.15, -0.1) is 0 Å². The van der Waals surface area contributed by atoms with Gasteiger partial charge in [0, 0.05) is 0 Å². The van der Waals surface area contributed by atoms with Crippen LogP contribution in [0.4, 0.5) is 0 Å². The number of hydrogen-bond acceptors (Lipinski definition) is 8. The van der Waals surface area contributed by atoms with E-state index in [9.17, 15) is 9.59 Å². The molecule has 0 unspecified atom stereocenters. The first kappa shape index (κ1) is 29.1. The van der Waals surface area contributed by atoms with Crippen LogP contribution in [0.1, 0.15) is 52.7 Å². The number of methoxy groups -OCH3 is 2. The molecule has 0 N–H and O–H groups in total. The van der Waals surface area contributed by atoms with Gasteiger partial charge in [0.15, 0.2) is 12.2 Å². The van der Waals surface area contributed by atoms with E-state index in [1.807, 2.05) is 24.3 Å². The Morgan fingerprint density at radius 3 is 1.17 bits per heavy atom. The van der Waals surface area contributed by atoms with Gasteiger partial charge in [-0.05, 0) is 76.9 Å². The highest BCUT2D eigenvalue weighted by Crippen LogP contribution is 2.21. The lowest BCUT2D eigenvalue weighted by atomic mass is 10.1. The second-order valence-electron chi connectivity index (χ2n) is 10.2. The van der Waals surface area contributed by atoms with Crippen molar-refractivity contribution in [3.8, 4) is 11.5 Å². The van der Waals surface area contributed by atoms with Crippen molar-refractivity contribution in [3.63, 3.8) is 0 Å². The molecule has 8 nitrogen and oxygen atoms in total. The third kappa shape index (κ3) is 9.87. The molecular weight excluding hydrogens is 464 g/mol. The van der Waals surface area contributed by atoms with Crippen LogP contribution in [0.3, 0.4) is 0 Å². The fraction of sp³-hybridized carbons (Fsp3) is 0.500. The van der Waals surface area contributed by atoms with Gasteiger partial charge in [-0.2, -0.15) is 0 Å². The van der Waals surface area contributed by atoms with E-state index in [1.165, 1.54) is 0 Å². The number of esters is 2. The van der Waals surface area contributed by atoms with Crippen LogP contribution in [-0.2, 0) is 41.8 Å². The van der Waals surface area contributed by atoms with E-state index in [4.69, 9.17) is 28.4 Å². The lowest BCUT2D eigenvalue weighted by Gasteiger charge is -2.30. The molecule has 0 amide bonds. The minimum Gasteiger partial charge on any atom is -0.497 e. The van der Waals surface area contributed by atoms with E-state index in [0.717, 1.165) is 11.1 Å². The van der Waals surface area contributed by atoms with Crippen molar-refractivity contribution < 1.29 is 38.0 Å². The van der Waals surface area contributed by atoms with Crippen LogP contribution >= 0.6 is 0 Å². The normalized spacial score (nSPS) is 13.4. The number of hydrogen-bond donors (Lipinski definition) is 0. The Morgan fingerprint density at radius 1 is 0.611 bits per heavy atom. The lowest BCUT2D eigenvalue weighted by Crippen LogP contribution is -2.48. The standard InChI is InChI=1S/C28H38O8/c1-27(2,3)35-25(29)23(33-17-19-9-13-21(31-7)14-10-19)24(26(30)36-28(4,5)6)34-18-20-11-15-22(32-8)16-12-20/h9-16,23-24H,17-18H2,1-8H3/t23-,24-/m0/s1. The first-order valence-corrected chi connectivity index (χ1v) is 11.8. The molecule has 0 saturated heterocycles. The topological polar surface area (TPSA) is 89.5 Å². The molecule has 0 radical (unpaired) electrons. The zero-order valence-electron chi connectivity index (χ0n) is 22.5. The Kier molecular flexibility index (Phi) is 10.3. The average Bonchev–Trinajstić information content (AvgIpc) is 2.79. The number of benzene rings is 2. The van der Waals surface area contributed by atoms with Gasteiger partial charge in [-0.25, -0.2) is 9.59 Å². The highest BCUT2D eigenvalue weighted by Gasteiger charge is 2.41. The van der Waals surface area contributed by atoms with Crippen LogP contribution in [0, 0.1) is 0 Å². The zero-order chi connectivity index (χ0) is 26.9. The summed E-state index contributed by atoms with van der Waals surface area (Å²) < 4.78 is 33.5. The van der Waals surface area contributed by atoms with Crippen LogP contribution in [0.5, 0.6) is 11.5 Å². The third-order valence-corrected chi connectivity index (χ3v) is 4.73. The predicted molar refractivity (Wildman–Crippen MR) is 135 cm³/mol. The maximum atomic E-state index is 13.2. The Balaban J connectivity index is 2.32. The van der Waals surface area contributed by atoms with Crippen molar-refractivity contribution in [3.05, 3.63) is 59.7 Å². The van der Waals surface area contributed by atoms with Crippen LogP contribution in [-0.4, -0.2) is 49.6 Å². The van der Waals surface area contributed by atoms with Gasteiger partial charge in [0.25, 0.3) is 0 Å². The molecule has 0 heterocycles.